The number of carbonyl (C=O) groups excluding carboxylic acids is 4. The van der Waals surface area contributed by atoms with Crippen LogP contribution in [0.25, 0.3) is 0 Å². The average Bonchev–Trinajstić information content (AvgIpc) is 0.988. The minimum atomic E-state index is -5.00. The molecule has 0 aromatic rings. The van der Waals surface area contributed by atoms with Crippen molar-refractivity contribution in [3.05, 3.63) is 122 Å². The largest absolute Gasteiger partial charge is 0.472 e. The Bertz CT molecular complexity index is 2370. The monoisotopic (exact) mass is 1440 g/mol. The molecule has 0 aliphatic carbocycles. The van der Waals surface area contributed by atoms with E-state index in [-0.39, 0.29) is 25.7 Å². The molecule has 0 spiro atoms. The molecule has 0 bridgehead atoms. The third kappa shape index (κ3) is 71.8. The first-order valence-electron chi connectivity index (χ1n) is 38.8. The molecule has 0 saturated heterocycles. The van der Waals surface area contributed by atoms with E-state index in [4.69, 9.17) is 37.0 Å². The topological polar surface area (TPSA) is 237 Å². The summed E-state index contributed by atoms with van der Waals surface area (Å²) in [5.41, 5.74) is 0. The molecule has 5 unspecified atom stereocenters. The van der Waals surface area contributed by atoms with Crippen LogP contribution in [0.2, 0.25) is 0 Å². The number of esters is 4. The van der Waals surface area contributed by atoms with Gasteiger partial charge < -0.3 is 33.8 Å². The van der Waals surface area contributed by atoms with Gasteiger partial charge in [-0.05, 0) is 116 Å². The Hall–Kier alpha value is -4.54. The van der Waals surface area contributed by atoms with Gasteiger partial charge in [-0.2, -0.15) is 0 Å². The quantitative estimate of drug-likeness (QED) is 0.0169. The Morgan fingerprint density at radius 2 is 0.560 bits per heavy atom. The van der Waals surface area contributed by atoms with Gasteiger partial charge in [0.05, 0.1) is 32.8 Å². The fraction of sp³-hybridized carbons (Fsp3) is 0.704. The maximum Gasteiger partial charge on any atom is 0.472 e. The van der Waals surface area contributed by atoms with E-state index in [1.54, 1.807) is 6.08 Å². The van der Waals surface area contributed by atoms with Crippen LogP contribution in [0.15, 0.2) is 122 Å². The predicted octanol–water partition coefficient (Wildman–Crippen LogP) is 22.3. The number of phosphoric acid groups is 2. The van der Waals surface area contributed by atoms with Crippen LogP contribution in [-0.4, -0.2) is 96.7 Å². The van der Waals surface area contributed by atoms with E-state index in [9.17, 15) is 43.2 Å². The highest BCUT2D eigenvalue weighted by Crippen LogP contribution is 2.45. The fourth-order valence-electron chi connectivity index (χ4n) is 10.1. The van der Waals surface area contributed by atoms with Crippen molar-refractivity contribution in [2.45, 2.75) is 329 Å². The summed E-state index contributed by atoms with van der Waals surface area (Å²) in [6.45, 7) is 4.50. The summed E-state index contributed by atoms with van der Waals surface area (Å²) >= 11 is 0. The number of allylic oxidation sites excluding steroid dienone is 19. The summed E-state index contributed by atoms with van der Waals surface area (Å²) in [7, 11) is -9.98. The lowest BCUT2D eigenvalue weighted by Gasteiger charge is -2.21. The maximum absolute atomic E-state index is 13.1. The molecule has 574 valence electrons. The molecule has 0 rings (SSSR count). The molecule has 3 N–H and O–H groups in total. The number of hydrogen-bond acceptors (Lipinski definition) is 15. The van der Waals surface area contributed by atoms with Crippen molar-refractivity contribution in [3.63, 3.8) is 0 Å². The van der Waals surface area contributed by atoms with E-state index in [1.165, 1.54) is 89.9 Å². The molecule has 0 saturated carbocycles. The number of rotatable bonds is 72. The maximum atomic E-state index is 13.1. The lowest BCUT2D eigenvalue weighted by Crippen LogP contribution is -2.30. The van der Waals surface area contributed by atoms with Gasteiger partial charge in [-0.25, -0.2) is 9.13 Å². The summed E-state index contributed by atoms with van der Waals surface area (Å²) in [6, 6.07) is 0. The highest BCUT2D eigenvalue weighted by molar-refractivity contribution is 7.47. The molecule has 5 atom stereocenters. The van der Waals surface area contributed by atoms with Gasteiger partial charge in [0, 0.05) is 19.3 Å². The molecule has 0 aliphatic heterocycles. The lowest BCUT2D eigenvalue weighted by atomic mass is 10.0. The van der Waals surface area contributed by atoms with Crippen molar-refractivity contribution in [2.75, 3.05) is 39.6 Å². The van der Waals surface area contributed by atoms with Gasteiger partial charge in [-0.15, -0.1) is 0 Å². The smallest absolute Gasteiger partial charge is 0.462 e. The van der Waals surface area contributed by atoms with Gasteiger partial charge in [0.15, 0.2) is 12.2 Å². The molecular formula is C81H138O17P2. The predicted molar refractivity (Wildman–Crippen MR) is 408 cm³/mol. The second-order valence-electron chi connectivity index (χ2n) is 25.6. The number of ether oxygens (including phenoxy) is 4. The van der Waals surface area contributed by atoms with E-state index in [0.29, 0.717) is 25.7 Å². The van der Waals surface area contributed by atoms with E-state index >= 15 is 0 Å². The molecule has 100 heavy (non-hydrogen) atoms. The van der Waals surface area contributed by atoms with Crippen molar-refractivity contribution in [1.82, 2.24) is 0 Å². The summed E-state index contributed by atoms with van der Waals surface area (Å²) in [5, 5.41) is 10.6. The van der Waals surface area contributed by atoms with Crippen LogP contribution in [0.4, 0.5) is 0 Å². The van der Waals surface area contributed by atoms with Crippen LogP contribution in [0.3, 0.4) is 0 Å². The zero-order chi connectivity index (χ0) is 73.2. The molecular weight excluding hydrogens is 1310 g/mol. The van der Waals surface area contributed by atoms with Crippen molar-refractivity contribution >= 4 is 39.5 Å². The molecule has 19 heteroatoms. The average molecular weight is 1450 g/mol. The van der Waals surface area contributed by atoms with E-state index in [2.05, 4.69) is 125 Å². The number of aliphatic hydroxyl groups is 1. The third-order valence-electron chi connectivity index (χ3n) is 16.0. The van der Waals surface area contributed by atoms with Crippen molar-refractivity contribution < 1.29 is 80.2 Å². The summed E-state index contributed by atoms with van der Waals surface area (Å²) in [4.78, 5) is 72.8. The zero-order valence-electron chi connectivity index (χ0n) is 62.6. The normalized spacial score (nSPS) is 14.6. The van der Waals surface area contributed by atoms with Gasteiger partial charge in [0.2, 0.25) is 0 Å². The molecule has 0 heterocycles. The van der Waals surface area contributed by atoms with Crippen LogP contribution >= 0.6 is 15.6 Å². The highest BCUT2D eigenvalue weighted by Gasteiger charge is 2.30. The van der Waals surface area contributed by atoms with E-state index in [1.807, 2.05) is 18.2 Å². The minimum absolute atomic E-state index is 0.0706. The zero-order valence-corrected chi connectivity index (χ0v) is 64.4. The first-order valence-corrected chi connectivity index (χ1v) is 41.8. The van der Waals surface area contributed by atoms with Crippen LogP contribution < -0.4 is 0 Å². The van der Waals surface area contributed by atoms with Gasteiger partial charge in [0.1, 0.15) is 19.3 Å². The SMILES string of the molecule is CC/C=C\C/C=C\C/C=C\C/C=C\C/C=C\CC(=O)OCC(COP(=O)(O)OCC(O)COP(=O)(O)OCC(COC(=O)CCCCCC/C=C\C/C=C\C/C=C\C/C=C\CC)OC(=O)CCCCCCC/C=C\CCCCCC)OC(=O)CCCCCCCCCCCCCCCCC. The lowest BCUT2D eigenvalue weighted by molar-refractivity contribution is -0.161. The van der Waals surface area contributed by atoms with E-state index < -0.39 is 97.5 Å². The molecule has 0 aromatic heterocycles. The number of phosphoric ester groups is 2. The first-order chi connectivity index (χ1) is 48.7. The van der Waals surface area contributed by atoms with Gasteiger partial charge >= 0.3 is 39.5 Å². The molecule has 0 radical (unpaired) electrons. The second-order valence-corrected chi connectivity index (χ2v) is 28.5. The first kappa shape index (κ1) is 95.5. The van der Waals surface area contributed by atoms with Crippen molar-refractivity contribution in [2.24, 2.45) is 0 Å². The van der Waals surface area contributed by atoms with Gasteiger partial charge in [-0.1, -0.05) is 290 Å². The van der Waals surface area contributed by atoms with Crippen LogP contribution in [-0.2, 0) is 65.4 Å². The Kier molecular flexibility index (Phi) is 69.5. The molecule has 0 aliphatic rings. The number of unbranched alkanes of at least 4 members (excludes halogenated alkanes) is 27. The second kappa shape index (κ2) is 72.8. The third-order valence-corrected chi connectivity index (χ3v) is 17.9. The van der Waals surface area contributed by atoms with E-state index in [0.717, 1.165) is 141 Å². The van der Waals surface area contributed by atoms with Crippen molar-refractivity contribution in [1.29, 1.82) is 0 Å². The Morgan fingerprint density at radius 1 is 0.300 bits per heavy atom. The summed E-state index contributed by atoms with van der Waals surface area (Å²) < 4.78 is 68.4. The highest BCUT2D eigenvalue weighted by atomic mass is 31.2. The standard InChI is InChI=1S/C81H138O17P2/c1-5-9-13-17-21-25-29-33-36-37-40-43-46-50-54-58-62-66-79(84)92-71-76(97-80(85)67-63-59-55-51-47-41-32-28-24-20-16-12-8-4)73-95-99(87,88)93-69-75(82)70-94-100(89,90)96-74-77(98-81(86)68-64-60-56-52-48-44-39-35-31-27-23-19-15-11-7-3)72-91-78(83)65-61-57-53-49-45-42-38-34-30-26-22-18-14-10-6-2/h9-10,13-14,21-22,25-26,28,32-34,36,38,40,43,45,49,57,61,75-77,82H,5-8,11-12,15-20,23-24,27,29-31,35,37,39,41-42,44,46-48,50-56,58-60,62-74H2,1-4H3,(H,87,88)(H,89,90)/b13-9-,14-10-,25-21-,26-22-,32-28-,36-33-,38-34-,43-40-,49-45-,61-57-. The molecule has 0 aromatic carbocycles. The fourth-order valence-corrected chi connectivity index (χ4v) is 11.7. The molecule has 0 amide bonds. The summed E-state index contributed by atoms with van der Waals surface area (Å²) in [6.07, 6.45) is 79.3. The Balaban J connectivity index is 5.42. The van der Waals surface area contributed by atoms with Gasteiger partial charge in [0.25, 0.3) is 0 Å². The van der Waals surface area contributed by atoms with Crippen LogP contribution in [0.5, 0.6) is 0 Å². The van der Waals surface area contributed by atoms with Crippen LogP contribution in [0, 0.1) is 0 Å². The molecule has 0 fully saturated rings. The number of aliphatic hydroxyl groups excluding tert-OH is 1. The number of hydrogen-bond donors (Lipinski definition) is 3. The molecule has 17 nitrogen and oxygen atoms in total. The Morgan fingerprint density at radius 3 is 0.910 bits per heavy atom. The van der Waals surface area contributed by atoms with Gasteiger partial charge in [-0.3, -0.25) is 37.3 Å². The number of carbonyl (C=O) groups is 4. The van der Waals surface area contributed by atoms with Crippen LogP contribution in [0.1, 0.15) is 310 Å². The Labute approximate surface area is 606 Å². The van der Waals surface area contributed by atoms with Crippen molar-refractivity contribution in [3.8, 4) is 0 Å². The minimum Gasteiger partial charge on any atom is -0.462 e. The summed E-state index contributed by atoms with van der Waals surface area (Å²) in [5.74, 6) is -2.35.